The molecule has 80 valence electrons. The van der Waals surface area contributed by atoms with Gasteiger partial charge < -0.3 is 10.1 Å². The monoisotopic (exact) mass is 269 g/mol. The standard InChI is InChI=1S/C11H12BrNO2/c1-11(7-15-6-10(14)13-11)8-3-2-4-9(12)5-8/h2-5H,6-7H2,1H3,(H,13,14)/t11-/m0/s1. The van der Waals surface area contributed by atoms with E-state index in [1.165, 1.54) is 0 Å². The van der Waals surface area contributed by atoms with E-state index in [2.05, 4.69) is 21.2 Å². The molecule has 1 aliphatic heterocycles. The minimum Gasteiger partial charge on any atom is -0.369 e. The summed E-state index contributed by atoms with van der Waals surface area (Å²) >= 11 is 3.41. The highest BCUT2D eigenvalue weighted by Gasteiger charge is 2.32. The van der Waals surface area contributed by atoms with Crippen LogP contribution in [0.3, 0.4) is 0 Å². The Morgan fingerprint density at radius 2 is 2.33 bits per heavy atom. The van der Waals surface area contributed by atoms with Crippen LogP contribution in [0.4, 0.5) is 0 Å². The first-order chi connectivity index (χ1) is 7.10. The number of amides is 1. The van der Waals surface area contributed by atoms with Crippen molar-refractivity contribution in [2.24, 2.45) is 0 Å². The zero-order valence-electron chi connectivity index (χ0n) is 8.42. The Morgan fingerprint density at radius 3 is 3.00 bits per heavy atom. The van der Waals surface area contributed by atoms with E-state index >= 15 is 0 Å². The van der Waals surface area contributed by atoms with Crippen LogP contribution in [0.25, 0.3) is 0 Å². The number of carbonyl (C=O) groups excluding carboxylic acids is 1. The molecule has 3 nitrogen and oxygen atoms in total. The molecule has 15 heavy (non-hydrogen) atoms. The fraction of sp³-hybridized carbons (Fsp3) is 0.364. The molecule has 2 rings (SSSR count). The summed E-state index contributed by atoms with van der Waals surface area (Å²) in [7, 11) is 0. The van der Waals surface area contributed by atoms with Crippen molar-refractivity contribution in [2.75, 3.05) is 13.2 Å². The molecule has 1 amide bonds. The van der Waals surface area contributed by atoms with Crippen molar-refractivity contribution in [3.8, 4) is 0 Å². The highest BCUT2D eigenvalue weighted by atomic mass is 79.9. The van der Waals surface area contributed by atoms with Crippen LogP contribution in [0, 0.1) is 0 Å². The van der Waals surface area contributed by atoms with Gasteiger partial charge in [0.05, 0.1) is 12.1 Å². The van der Waals surface area contributed by atoms with Gasteiger partial charge in [-0.05, 0) is 24.6 Å². The van der Waals surface area contributed by atoms with Crippen molar-refractivity contribution in [1.29, 1.82) is 0 Å². The molecule has 1 saturated heterocycles. The van der Waals surface area contributed by atoms with Crippen molar-refractivity contribution in [2.45, 2.75) is 12.5 Å². The molecule has 1 fully saturated rings. The van der Waals surface area contributed by atoms with Gasteiger partial charge in [0.25, 0.3) is 0 Å². The minimum absolute atomic E-state index is 0.0660. The van der Waals surface area contributed by atoms with Crippen LogP contribution in [0.2, 0.25) is 0 Å². The van der Waals surface area contributed by atoms with E-state index in [1.54, 1.807) is 0 Å². The molecule has 0 aromatic heterocycles. The Hall–Kier alpha value is -0.870. The Morgan fingerprint density at radius 1 is 1.53 bits per heavy atom. The lowest BCUT2D eigenvalue weighted by molar-refractivity contribution is -0.135. The number of rotatable bonds is 1. The first-order valence-electron chi connectivity index (χ1n) is 4.75. The zero-order valence-corrected chi connectivity index (χ0v) is 10.0. The zero-order chi connectivity index (χ0) is 10.9. The second kappa shape index (κ2) is 3.94. The third kappa shape index (κ3) is 2.21. The Balaban J connectivity index is 2.32. The Kier molecular flexibility index (Phi) is 2.80. The smallest absolute Gasteiger partial charge is 0.246 e. The maximum Gasteiger partial charge on any atom is 0.246 e. The SMILES string of the molecule is C[C@@]1(c2cccc(Br)c2)COCC(=O)N1. The van der Waals surface area contributed by atoms with Gasteiger partial charge in [0.15, 0.2) is 0 Å². The van der Waals surface area contributed by atoms with Crippen LogP contribution in [0.1, 0.15) is 12.5 Å². The fourth-order valence-electron chi connectivity index (χ4n) is 1.71. The van der Waals surface area contributed by atoms with Crippen LogP contribution >= 0.6 is 15.9 Å². The van der Waals surface area contributed by atoms with E-state index < -0.39 is 5.54 Å². The maximum atomic E-state index is 11.3. The second-order valence-electron chi connectivity index (χ2n) is 3.88. The van der Waals surface area contributed by atoms with Gasteiger partial charge in [-0.2, -0.15) is 0 Å². The van der Waals surface area contributed by atoms with Crippen LogP contribution in [0.15, 0.2) is 28.7 Å². The number of hydrogen-bond acceptors (Lipinski definition) is 2. The van der Waals surface area contributed by atoms with Crippen molar-refractivity contribution in [3.63, 3.8) is 0 Å². The number of morpholine rings is 1. The van der Waals surface area contributed by atoms with Gasteiger partial charge in [-0.25, -0.2) is 0 Å². The molecule has 1 atom stereocenters. The van der Waals surface area contributed by atoms with Crippen LogP contribution in [-0.2, 0) is 15.1 Å². The molecule has 1 N–H and O–H groups in total. The molecule has 1 aromatic rings. The van der Waals surface area contributed by atoms with Gasteiger partial charge in [-0.1, -0.05) is 28.1 Å². The topological polar surface area (TPSA) is 38.3 Å². The molecule has 4 heteroatoms. The number of hydrogen-bond donors (Lipinski definition) is 1. The average molecular weight is 270 g/mol. The molecule has 0 unspecified atom stereocenters. The van der Waals surface area contributed by atoms with E-state index in [-0.39, 0.29) is 12.5 Å². The predicted molar refractivity (Wildman–Crippen MR) is 60.5 cm³/mol. The van der Waals surface area contributed by atoms with Crippen molar-refractivity contribution in [3.05, 3.63) is 34.3 Å². The largest absolute Gasteiger partial charge is 0.369 e. The fourth-order valence-corrected chi connectivity index (χ4v) is 2.11. The van der Waals surface area contributed by atoms with E-state index in [9.17, 15) is 4.79 Å². The van der Waals surface area contributed by atoms with Crippen LogP contribution in [0.5, 0.6) is 0 Å². The third-order valence-corrected chi connectivity index (χ3v) is 2.99. The lowest BCUT2D eigenvalue weighted by atomic mass is 9.92. The first-order valence-corrected chi connectivity index (χ1v) is 5.54. The molecule has 1 heterocycles. The van der Waals surface area contributed by atoms with Crippen LogP contribution in [-0.4, -0.2) is 19.1 Å². The summed E-state index contributed by atoms with van der Waals surface area (Å²) < 4.78 is 6.27. The molecule has 0 aliphatic carbocycles. The van der Waals surface area contributed by atoms with Crippen molar-refractivity contribution in [1.82, 2.24) is 5.32 Å². The van der Waals surface area contributed by atoms with Gasteiger partial charge in [-0.15, -0.1) is 0 Å². The number of ether oxygens (including phenoxy) is 1. The highest BCUT2D eigenvalue weighted by Crippen LogP contribution is 2.25. The van der Waals surface area contributed by atoms with Crippen molar-refractivity contribution >= 4 is 21.8 Å². The summed E-state index contributed by atoms with van der Waals surface area (Å²) in [5, 5.41) is 2.95. The summed E-state index contributed by atoms with van der Waals surface area (Å²) in [6.45, 7) is 2.63. The third-order valence-electron chi connectivity index (χ3n) is 2.50. The molecule has 1 aromatic carbocycles. The van der Waals surface area contributed by atoms with Crippen molar-refractivity contribution < 1.29 is 9.53 Å². The molecule has 0 bridgehead atoms. The van der Waals surface area contributed by atoms with Gasteiger partial charge in [0.2, 0.25) is 5.91 Å². The molecule has 0 spiro atoms. The molecule has 1 aliphatic rings. The minimum atomic E-state index is -0.418. The average Bonchev–Trinajstić information content (AvgIpc) is 2.17. The van der Waals surface area contributed by atoms with E-state index in [1.807, 2.05) is 31.2 Å². The number of carbonyl (C=O) groups is 1. The maximum absolute atomic E-state index is 11.3. The van der Waals surface area contributed by atoms with Gasteiger partial charge in [-0.3, -0.25) is 4.79 Å². The van der Waals surface area contributed by atoms with E-state index in [0.29, 0.717) is 6.61 Å². The number of nitrogens with one attached hydrogen (secondary N) is 1. The summed E-state index contributed by atoms with van der Waals surface area (Å²) in [4.78, 5) is 11.3. The van der Waals surface area contributed by atoms with Crippen LogP contribution < -0.4 is 5.32 Å². The molecule has 0 saturated carbocycles. The Bertz CT molecular complexity index is 394. The quantitative estimate of drug-likeness (QED) is 0.845. The second-order valence-corrected chi connectivity index (χ2v) is 4.80. The molecular weight excluding hydrogens is 258 g/mol. The lowest BCUT2D eigenvalue weighted by Gasteiger charge is -2.34. The summed E-state index contributed by atoms with van der Waals surface area (Å²) in [5.74, 6) is -0.0660. The number of benzene rings is 1. The summed E-state index contributed by atoms with van der Waals surface area (Å²) in [5.41, 5.74) is 0.629. The van der Waals surface area contributed by atoms with Gasteiger partial charge >= 0.3 is 0 Å². The highest BCUT2D eigenvalue weighted by molar-refractivity contribution is 9.10. The number of halogens is 1. The summed E-state index contributed by atoms with van der Waals surface area (Å²) in [6.07, 6.45) is 0. The van der Waals surface area contributed by atoms with Gasteiger partial charge in [0, 0.05) is 4.47 Å². The predicted octanol–water partition coefficient (Wildman–Crippen LogP) is 1.81. The normalized spacial score (nSPS) is 26.1. The first kappa shape index (κ1) is 10.6. The molecular formula is C11H12BrNO2. The summed E-state index contributed by atoms with van der Waals surface area (Å²) in [6, 6.07) is 7.89. The molecule has 0 radical (unpaired) electrons. The van der Waals surface area contributed by atoms with E-state index in [4.69, 9.17) is 4.74 Å². The Labute approximate surface area is 96.9 Å². The van der Waals surface area contributed by atoms with E-state index in [0.717, 1.165) is 10.0 Å². The lowest BCUT2D eigenvalue weighted by Crippen LogP contribution is -2.52. The van der Waals surface area contributed by atoms with Gasteiger partial charge in [0.1, 0.15) is 6.61 Å².